The first-order valence-electron chi connectivity index (χ1n) is 7.24. The average Bonchev–Trinajstić information content (AvgIpc) is 2.80. The summed E-state index contributed by atoms with van der Waals surface area (Å²) in [4.78, 5) is 3.68. The minimum Gasteiger partial charge on any atom is -0.491 e. The molecule has 0 saturated heterocycles. The van der Waals surface area contributed by atoms with Crippen molar-refractivity contribution >= 4 is 28.6 Å². The zero-order valence-corrected chi connectivity index (χ0v) is 13.4. The molecule has 1 aliphatic rings. The minimum absolute atomic E-state index is 0.800. The van der Waals surface area contributed by atoms with Gasteiger partial charge in [-0.3, -0.25) is 0 Å². The Morgan fingerprint density at radius 2 is 2.14 bits per heavy atom. The number of anilines is 1. The molecule has 1 aliphatic heterocycles. The quantitative estimate of drug-likeness (QED) is 0.848. The Bertz CT molecular complexity index is 587. The Kier molecular flexibility index (Phi) is 5.01. The molecule has 1 aromatic carbocycles. The SMILES string of the molecule is Clc1ccc(CNCCN2CCCOc3ccccc32)s1. The lowest BCUT2D eigenvalue weighted by Crippen LogP contribution is -2.32. The third-order valence-corrected chi connectivity index (χ3v) is 4.75. The average molecular weight is 323 g/mol. The van der Waals surface area contributed by atoms with Crippen molar-refractivity contribution in [2.24, 2.45) is 0 Å². The molecule has 1 aromatic heterocycles. The molecule has 2 aromatic rings. The zero-order chi connectivity index (χ0) is 14.5. The number of hydrogen-bond donors (Lipinski definition) is 1. The maximum absolute atomic E-state index is 5.94. The van der Waals surface area contributed by atoms with Crippen LogP contribution in [-0.4, -0.2) is 26.2 Å². The van der Waals surface area contributed by atoms with Crippen LogP contribution in [0.15, 0.2) is 36.4 Å². The van der Waals surface area contributed by atoms with Crippen LogP contribution in [0.25, 0.3) is 0 Å². The first kappa shape index (κ1) is 14.7. The number of fused-ring (bicyclic) bond motifs is 1. The number of rotatable bonds is 5. The van der Waals surface area contributed by atoms with Crippen molar-refractivity contribution in [1.82, 2.24) is 5.32 Å². The van der Waals surface area contributed by atoms with Crippen molar-refractivity contribution in [3.63, 3.8) is 0 Å². The number of thiophene rings is 1. The molecule has 5 heteroatoms. The van der Waals surface area contributed by atoms with E-state index in [-0.39, 0.29) is 0 Å². The number of benzene rings is 1. The molecular formula is C16H19ClN2OS. The number of halogens is 1. The van der Waals surface area contributed by atoms with Crippen molar-refractivity contribution in [2.45, 2.75) is 13.0 Å². The minimum atomic E-state index is 0.800. The molecule has 0 fully saturated rings. The summed E-state index contributed by atoms with van der Waals surface area (Å²) in [6, 6.07) is 12.3. The zero-order valence-electron chi connectivity index (χ0n) is 11.8. The van der Waals surface area contributed by atoms with Crippen molar-refractivity contribution in [1.29, 1.82) is 0 Å². The van der Waals surface area contributed by atoms with E-state index in [0.29, 0.717) is 0 Å². The van der Waals surface area contributed by atoms with Crippen LogP contribution in [0.3, 0.4) is 0 Å². The van der Waals surface area contributed by atoms with Gasteiger partial charge in [0.25, 0.3) is 0 Å². The summed E-state index contributed by atoms with van der Waals surface area (Å²) >= 11 is 7.57. The van der Waals surface area contributed by atoms with Crippen LogP contribution in [0, 0.1) is 0 Å². The predicted octanol–water partition coefficient (Wildman–Crippen LogP) is 3.78. The molecule has 0 radical (unpaired) electrons. The summed E-state index contributed by atoms with van der Waals surface area (Å²) in [5.41, 5.74) is 1.20. The van der Waals surface area contributed by atoms with Gasteiger partial charge < -0.3 is 15.0 Å². The van der Waals surface area contributed by atoms with E-state index in [1.165, 1.54) is 10.6 Å². The third-order valence-electron chi connectivity index (χ3n) is 3.52. The second kappa shape index (κ2) is 7.16. The summed E-state index contributed by atoms with van der Waals surface area (Å²) in [6.07, 6.45) is 1.06. The maximum Gasteiger partial charge on any atom is 0.142 e. The lowest BCUT2D eigenvalue weighted by molar-refractivity contribution is 0.322. The first-order valence-corrected chi connectivity index (χ1v) is 8.44. The number of hydrogen-bond acceptors (Lipinski definition) is 4. The fraction of sp³-hybridized carbons (Fsp3) is 0.375. The van der Waals surface area contributed by atoms with Gasteiger partial charge in [0.1, 0.15) is 5.75 Å². The van der Waals surface area contributed by atoms with Crippen molar-refractivity contribution in [3.8, 4) is 5.75 Å². The molecule has 0 amide bonds. The summed E-state index contributed by atoms with van der Waals surface area (Å²) in [6.45, 7) is 4.66. The van der Waals surface area contributed by atoms with Gasteiger partial charge in [-0.25, -0.2) is 0 Å². The van der Waals surface area contributed by atoms with Crippen molar-refractivity contribution < 1.29 is 4.74 Å². The summed E-state index contributed by atoms with van der Waals surface area (Å²) in [7, 11) is 0. The Hall–Kier alpha value is -1.23. The van der Waals surface area contributed by atoms with Crippen LogP contribution in [0.2, 0.25) is 4.34 Å². The lowest BCUT2D eigenvalue weighted by Gasteiger charge is -2.23. The first-order chi connectivity index (χ1) is 10.3. The number of ether oxygens (including phenoxy) is 1. The highest BCUT2D eigenvalue weighted by atomic mass is 35.5. The van der Waals surface area contributed by atoms with E-state index in [0.717, 1.165) is 49.3 Å². The molecule has 112 valence electrons. The van der Waals surface area contributed by atoms with Gasteiger partial charge in [-0.2, -0.15) is 0 Å². The van der Waals surface area contributed by atoms with Gasteiger partial charge in [0.05, 0.1) is 16.6 Å². The number of nitrogens with zero attached hydrogens (tertiary/aromatic N) is 1. The van der Waals surface area contributed by atoms with E-state index in [1.54, 1.807) is 11.3 Å². The highest BCUT2D eigenvalue weighted by Crippen LogP contribution is 2.30. The lowest BCUT2D eigenvalue weighted by atomic mass is 10.2. The molecule has 0 aliphatic carbocycles. The van der Waals surface area contributed by atoms with E-state index in [1.807, 2.05) is 12.1 Å². The number of para-hydroxylation sites is 2. The molecular weight excluding hydrogens is 304 g/mol. The van der Waals surface area contributed by atoms with Gasteiger partial charge in [-0.15, -0.1) is 11.3 Å². The predicted molar refractivity (Wildman–Crippen MR) is 89.8 cm³/mol. The highest BCUT2D eigenvalue weighted by molar-refractivity contribution is 7.16. The summed E-state index contributed by atoms with van der Waals surface area (Å²) in [5, 5.41) is 3.48. The van der Waals surface area contributed by atoms with E-state index in [2.05, 4.69) is 34.5 Å². The molecule has 0 unspecified atom stereocenters. The van der Waals surface area contributed by atoms with Gasteiger partial charge in [-0.1, -0.05) is 23.7 Å². The van der Waals surface area contributed by atoms with Gasteiger partial charge in [0.15, 0.2) is 0 Å². The van der Waals surface area contributed by atoms with Crippen molar-refractivity contribution in [2.75, 3.05) is 31.1 Å². The Balaban J connectivity index is 1.53. The normalized spacial score (nSPS) is 14.4. The molecule has 3 rings (SSSR count). The fourth-order valence-electron chi connectivity index (χ4n) is 2.50. The van der Waals surface area contributed by atoms with Crippen molar-refractivity contribution in [3.05, 3.63) is 45.6 Å². The Morgan fingerprint density at radius 1 is 1.24 bits per heavy atom. The van der Waals surface area contributed by atoms with Gasteiger partial charge in [0.2, 0.25) is 0 Å². The molecule has 0 saturated carbocycles. The summed E-state index contributed by atoms with van der Waals surface area (Å²) in [5.74, 6) is 1.00. The van der Waals surface area contributed by atoms with E-state index in [9.17, 15) is 0 Å². The maximum atomic E-state index is 5.94. The highest BCUT2D eigenvalue weighted by Gasteiger charge is 2.15. The molecule has 21 heavy (non-hydrogen) atoms. The molecule has 0 spiro atoms. The van der Waals surface area contributed by atoms with Crippen LogP contribution < -0.4 is 15.0 Å². The van der Waals surface area contributed by atoms with Crippen LogP contribution in [-0.2, 0) is 6.54 Å². The Morgan fingerprint density at radius 3 is 3.00 bits per heavy atom. The van der Waals surface area contributed by atoms with E-state index in [4.69, 9.17) is 16.3 Å². The second-order valence-corrected chi connectivity index (χ2v) is 6.84. The van der Waals surface area contributed by atoms with Gasteiger partial charge >= 0.3 is 0 Å². The summed E-state index contributed by atoms with van der Waals surface area (Å²) < 4.78 is 6.63. The van der Waals surface area contributed by atoms with E-state index >= 15 is 0 Å². The molecule has 1 N–H and O–H groups in total. The van der Waals surface area contributed by atoms with Crippen LogP contribution in [0.1, 0.15) is 11.3 Å². The molecule has 0 bridgehead atoms. The second-order valence-electron chi connectivity index (χ2n) is 5.04. The van der Waals surface area contributed by atoms with Gasteiger partial charge in [0, 0.05) is 31.1 Å². The van der Waals surface area contributed by atoms with Gasteiger partial charge in [-0.05, 0) is 30.7 Å². The van der Waals surface area contributed by atoms with Crippen LogP contribution >= 0.6 is 22.9 Å². The molecule has 2 heterocycles. The molecule has 0 atom stereocenters. The monoisotopic (exact) mass is 322 g/mol. The van der Waals surface area contributed by atoms with Crippen LogP contribution in [0.5, 0.6) is 5.75 Å². The topological polar surface area (TPSA) is 24.5 Å². The Labute approximate surface area is 134 Å². The van der Waals surface area contributed by atoms with E-state index < -0.39 is 0 Å². The largest absolute Gasteiger partial charge is 0.491 e. The third kappa shape index (κ3) is 3.90. The van der Waals surface area contributed by atoms with Crippen LogP contribution in [0.4, 0.5) is 5.69 Å². The standard InChI is InChI=1S/C16H19ClN2OS/c17-16-7-6-13(21-16)12-18-8-10-19-9-3-11-20-15-5-2-1-4-14(15)19/h1-2,4-7,18H,3,8-12H2. The smallest absolute Gasteiger partial charge is 0.142 e. The number of nitrogens with one attached hydrogen (secondary N) is 1. The molecule has 3 nitrogen and oxygen atoms in total. The fourth-order valence-corrected chi connectivity index (χ4v) is 3.56.